The number of ether oxygens (including phenoxy) is 3. The summed E-state index contributed by atoms with van der Waals surface area (Å²) in [7, 11) is 0. The molecule has 0 saturated carbocycles. The molecule has 0 fully saturated rings. The van der Waals surface area contributed by atoms with Crippen molar-refractivity contribution < 1.29 is 19.0 Å². The molecule has 4 aromatic carbocycles. The van der Waals surface area contributed by atoms with E-state index in [1.165, 1.54) is 0 Å². The van der Waals surface area contributed by atoms with E-state index in [4.69, 9.17) is 14.2 Å². The number of hydrogen-bond acceptors (Lipinski definition) is 4. The van der Waals surface area contributed by atoms with Gasteiger partial charge in [-0.2, -0.15) is 0 Å². The third-order valence-corrected chi connectivity index (χ3v) is 5.28. The summed E-state index contributed by atoms with van der Waals surface area (Å²) in [5, 5.41) is 4.40. The van der Waals surface area contributed by atoms with Crippen LogP contribution in [-0.4, -0.2) is 25.3 Å². The van der Waals surface area contributed by atoms with Gasteiger partial charge in [0.15, 0.2) is 6.10 Å². The van der Waals surface area contributed by atoms with Gasteiger partial charge in [-0.15, -0.1) is 0 Å². The molecule has 1 aliphatic heterocycles. The summed E-state index contributed by atoms with van der Waals surface area (Å²) in [6, 6.07) is 24.6. The average molecular weight is 396 g/mol. The van der Waals surface area contributed by atoms with Crippen LogP contribution in [0.3, 0.4) is 0 Å². The van der Waals surface area contributed by atoms with Crippen LogP contribution in [0.1, 0.15) is 0 Å². The highest BCUT2D eigenvalue weighted by Crippen LogP contribution is 2.42. The van der Waals surface area contributed by atoms with Crippen molar-refractivity contribution in [1.29, 1.82) is 0 Å². The van der Waals surface area contributed by atoms with E-state index in [1.54, 1.807) is 0 Å². The first-order valence-electron chi connectivity index (χ1n) is 9.86. The quantitative estimate of drug-likeness (QED) is 0.330. The summed E-state index contributed by atoms with van der Waals surface area (Å²) in [4.78, 5) is 11.8. The summed E-state index contributed by atoms with van der Waals surface area (Å²) in [6.45, 7) is 3.86. The van der Waals surface area contributed by atoms with E-state index in [-0.39, 0.29) is 13.2 Å². The second-order valence-corrected chi connectivity index (χ2v) is 7.28. The van der Waals surface area contributed by atoms with E-state index >= 15 is 0 Å². The van der Waals surface area contributed by atoms with Crippen LogP contribution in [0.2, 0.25) is 0 Å². The predicted molar refractivity (Wildman–Crippen MR) is 118 cm³/mol. The van der Waals surface area contributed by atoms with Gasteiger partial charge in [0.05, 0.1) is 0 Å². The van der Waals surface area contributed by atoms with Crippen molar-refractivity contribution in [3.8, 4) is 22.6 Å². The van der Waals surface area contributed by atoms with Crippen LogP contribution >= 0.6 is 0 Å². The van der Waals surface area contributed by atoms with Crippen LogP contribution in [0.5, 0.6) is 11.5 Å². The Morgan fingerprint density at radius 3 is 1.67 bits per heavy atom. The lowest BCUT2D eigenvalue weighted by atomic mass is 9.96. The highest BCUT2D eigenvalue weighted by atomic mass is 16.6. The summed E-state index contributed by atoms with van der Waals surface area (Å²) >= 11 is 0. The van der Waals surface area contributed by atoms with Crippen molar-refractivity contribution in [1.82, 2.24) is 0 Å². The topological polar surface area (TPSA) is 44.8 Å². The number of hydrogen-bond donors (Lipinski definition) is 0. The zero-order valence-electron chi connectivity index (χ0n) is 16.3. The fourth-order valence-electron chi connectivity index (χ4n) is 3.79. The molecule has 4 nitrogen and oxygen atoms in total. The number of fused-ring (bicyclic) bond motifs is 5. The van der Waals surface area contributed by atoms with Gasteiger partial charge in [-0.3, -0.25) is 0 Å². The first kappa shape index (κ1) is 18.3. The lowest BCUT2D eigenvalue weighted by Crippen LogP contribution is -2.30. The third-order valence-electron chi connectivity index (χ3n) is 5.28. The van der Waals surface area contributed by atoms with Gasteiger partial charge >= 0.3 is 5.97 Å². The van der Waals surface area contributed by atoms with Crippen molar-refractivity contribution in [2.45, 2.75) is 6.10 Å². The zero-order chi connectivity index (χ0) is 20.5. The van der Waals surface area contributed by atoms with E-state index < -0.39 is 12.1 Å². The van der Waals surface area contributed by atoms with Gasteiger partial charge in [0.1, 0.15) is 24.7 Å². The lowest BCUT2D eigenvalue weighted by Gasteiger charge is -2.17. The monoisotopic (exact) mass is 396 g/mol. The summed E-state index contributed by atoms with van der Waals surface area (Å²) in [5.74, 6) is 0.967. The second-order valence-electron chi connectivity index (χ2n) is 7.28. The summed E-state index contributed by atoms with van der Waals surface area (Å²) < 4.78 is 17.7. The molecule has 0 atom stereocenters. The van der Waals surface area contributed by atoms with Gasteiger partial charge in [-0.05, 0) is 45.8 Å². The Balaban J connectivity index is 1.70. The number of rotatable bonds is 2. The molecule has 0 aliphatic carbocycles. The molecule has 0 saturated heterocycles. The molecule has 1 heterocycles. The van der Waals surface area contributed by atoms with Crippen LogP contribution in [0.4, 0.5) is 0 Å². The molecular formula is C26H20O4. The zero-order valence-corrected chi connectivity index (χ0v) is 16.3. The van der Waals surface area contributed by atoms with E-state index in [9.17, 15) is 4.79 Å². The van der Waals surface area contributed by atoms with Gasteiger partial charge in [-0.25, -0.2) is 4.79 Å². The van der Waals surface area contributed by atoms with Crippen LogP contribution in [0, 0.1) is 0 Å². The average Bonchev–Trinajstić information content (AvgIpc) is 2.85. The number of carbonyl (C=O) groups is 1. The van der Waals surface area contributed by atoms with Gasteiger partial charge in [0.25, 0.3) is 0 Å². The van der Waals surface area contributed by atoms with Crippen molar-refractivity contribution in [3.63, 3.8) is 0 Å². The molecule has 1 aliphatic rings. The third kappa shape index (κ3) is 3.37. The maximum absolute atomic E-state index is 11.8. The maximum atomic E-state index is 11.8. The summed E-state index contributed by atoms with van der Waals surface area (Å²) in [5.41, 5.74) is 1.90. The van der Waals surface area contributed by atoms with Crippen LogP contribution in [0.25, 0.3) is 32.7 Å². The smallest absolute Gasteiger partial charge is 0.330 e. The molecule has 0 aromatic heterocycles. The van der Waals surface area contributed by atoms with Crippen molar-refractivity contribution in [2.75, 3.05) is 13.2 Å². The SMILES string of the molecule is C=CC(=O)OC1COc2cc3ccccc3cc2-c2cc3ccccc3cc2OC1. The minimum Gasteiger partial charge on any atom is -0.489 e. The first-order chi connectivity index (χ1) is 14.7. The van der Waals surface area contributed by atoms with Gasteiger partial charge < -0.3 is 14.2 Å². The van der Waals surface area contributed by atoms with Crippen LogP contribution in [-0.2, 0) is 9.53 Å². The molecule has 0 bridgehead atoms. The molecule has 4 aromatic rings. The number of benzene rings is 4. The minimum atomic E-state index is -0.549. The van der Waals surface area contributed by atoms with E-state index in [2.05, 4.69) is 43.0 Å². The fraction of sp³-hybridized carbons (Fsp3) is 0.115. The Kier molecular flexibility index (Phi) is 4.60. The molecule has 0 radical (unpaired) electrons. The van der Waals surface area contributed by atoms with Crippen molar-refractivity contribution >= 4 is 27.5 Å². The highest BCUT2D eigenvalue weighted by molar-refractivity contribution is 5.96. The Labute approximate surface area is 174 Å². The Morgan fingerprint density at radius 1 is 0.800 bits per heavy atom. The maximum Gasteiger partial charge on any atom is 0.330 e. The van der Waals surface area contributed by atoms with E-state index in [0.717, 1.165) is 50.2 Å². The van der Waals surface area contributed by atoms with Gasteiger partial charge in [0.2, 0.25) is 0 Å². The molecule has 5 rings (SSSR count). The van der Waals surface area contributed by atoms with Crippen LogP contribution in [0.15, 0.2) is 85.5 Å². The van der Waals surface area contributed by atoms with Gasteiger partial charge in [-0.1, -0.05) is 55.1 Å². The molecule has 0 amide bonds. The van der Waals surface area contributed by atoms with Crippen LogP contribution < -0.4 is 9.47 Å². The largest absolute Gasteiger partial charge is 0.489 e. The van der Waals surface area contributed by atoms with Crippen molar-refractivity contribution in [2.24, 2.45) is 0 Å². The highest BCUT2D eigenvalue weighted by Gasteiger charge is 2.22. The number of esters is 1. The summed E-state index contributed by atoms with van der Waals surface area (Å²) in [6.07, 6.45) is 0.600. The van der Waals surface area contributed by atoms with E-state index in [1.807, 2.05) is 36.4 Å². The first-order valence-corrected chi connectivity index (χ1v) is 9.86. The lowest BCUT2D eigenvalue weighted by molar-refractivity contribution is -0.146. The normalized spacial score (nSPS) is 13.7. The molecule has 0 unspecified atom stereocenters. The Bertz CT molecular complexity index is 1190. The fourth-order valence-corrected chi connectivity index (χ4v) is 3.79. The standard InChI is InChI=1S/C26H20O4/c1-2-26(27)30-21-15-28-24-13-19-9-5-3-7-17(19)11-22(24)23-12-18-8-4-6-10-20(18)14-25(23)29-16-21/h2-14,21H,1,15-16H2. The molecule has 0 N–H and O–H groups in total. The van der Waals surface area contributed by atoms with Gasteiger partial charge in [0, 0.05) is 17.2 Å². The molecule has 4 heteroatoms. The molecule has 0 spiro atoms. The molecule has 148 valence electrons. The Hall–Kier alpha value is -3.79. The van der Waals surface area contributed by atoms with E-state index in [0.29, 0.717) is 0 Å². The molecule has 30 heavy (non-hydrogen) atoms. The molecular weight excluding hydrogens is 376 g/mol. The van der Waals surface area contributed by atoms with Crippen molar-refractivity contribution in [3.05, 3.63) is 85.5 Å². The second kappa shape index (κ2) is 7.56. The Morgan fingerprint density at radius 2 is 1.23 bits per heavy atom. The number of carbonyl (C=O) groups excluding carboxylic acids is 1. The predicted octanol–water partition coefficient (Wildman–Crippen LogP) is 5.53. The minimum absolute atomic E-state index is 0.193.